The largest absolute Gasteiger partial charge is 0.496 e. The molecule has 0 amide bonds. The van der Waals surface area contributed by atoms with Crippen LogP contribution in [0.3, 0.4) is 0 Å². The number of halogens is 3. The summed E-state index contributed by atoms with van der Waals surface area (Å²) in [6, 6.07) is 13.9. The van der Waals surface area contributed by atoms with Crippen LogP contribution in [0.1, 0.15) is 52.0 Å². The minimum absolute atomic E-state index is 0.131. The number of ether oxygens (including phenoxy) is 3. The summed E-state index contributed by atoms with van der Waals surface area (Å²) in [7, 11) is 1.67. The molecule has 1 unspecified atom stereocenters. The van der Waals surface area contributed by atoms with Crippen LogP contribution in [0.15, 0.2) is 54.6 Å². The fraction of sp³-hybridized carbons (Fsp3) is 0.452. The lowest BCUT2D eigenvalue weighted by atomic mass is 10.0. The van der Waals surface area contributed by atoms with Crippen molar-refractivity contribution in [3.05, 3.63) is 60.2 Å². The second kappa shape index (κ2) is 13.6. The van der Waals surface area contributed by atoms with Crippen molar-refractivity contribution in [1.82, 2.24) is 4.57 Å². The molecule has 0 fully saturated rings. The number of hydrogen-bond donors (Lipinski definition) is 0. The Morgan fingerprint density at radius 1 is 1.05 bits per heavy atom. The second-order valence-corrected chi connectivity index (χ2v) is 9.86. The Morgan fingerprint density at radius 2 is 1.82 bits per heavy atom. The summed E-state index contributed by atoms with van der Waals surface area (Å²) in [6.45, 7) is 9.16. The number of rotatable bonds is 14. The summed E-state index contributed by atoms with van der Waals surface area (Å²) in [5, 5.41) is 0.982. The lowest BCUT2D eigenvalue weighted by Crippen LogP contribution is -2.26. The maximum atomic E-state index is 13.1. The van der Waals surface area contributed by atoms with E-state index in [4.69, 9.17) is 14.2 Å². The van der Waals surface area contributed by atoms with E-state index in [9.17, 15) is 18.0 Å². The molecule has 0 saturated heterocycles. The number of esters is 1. The van der Waals surface area contributed by atoms with Gasteiger partial charge in [-0.1, -0.05) is 32.4 Å². The zero-order valence-electron chi connectivity index (χ0n) is 23.2. The van der Waals surface area contributed by atoms with E-state index in [0.717, 1.165) is 40.8 Å². The van der Waals surface area contributed by atoms with Crippen molar-refractivity contribution in [2.75, 3.05) is 20.3 Å². The molecule has 5 nitrogen and oxygen atoms in total. The number of aryl methyl sites for hydroxylation is 2. The third-order valence-corrected chi connectivity index (χ3v) is 6.61. The van der Waals surface area contributed by atoms with E-state index in [1.54, 1.807) is 13.2 Å². The minimum Gasteiger partial charge on any atom is -0.496 e. The molecule has 1 atom stereocenters. The molecule has 3 rings (SSSR count). The third kappa shape index (κ3) is 8.28. The number of aromatic nitrogens is 1. The van der Waals surface area contributed by atoms with Gasteiger partial charge in [0, 0.05) is 35.1 Å². The molecule has 3 aromatic rings. The molecule has 8 heteroatoms. The fourth-order valence-electron chi connectivity index (χ4n) is 4.59. The number of fused-ring (bicyclic) bond motifs is 1. The van der Waals surface area contributed by atoms with Crippen molar-refractivity contribution in [3.63, 3.8) is 0 Å². The van der Waals surface area contributed by atoms with Crippen LogP contribution in [0, 0.1) is 5.92 Å². The Kier molecular flexibility index (Phi) is 10.5. The number of methoxy groups -OCH3 is 1. The maximum Gasteiger partial charge on any atom is 0.389 e. The minimum atomic E-state index is -4.41. The molecule has 39 heavy (non-hydrogen) atoms. The number of unbranched alkanes of at least 4 members (excludes halogenated alkanes) is 2. The highest BCUT2D eigenvalue weighted by atomic mass is 19.4. The van der Waals surface area contributed by atoms with Gasteiger partial charge in [0.2, 0.25) is 0 Å². The Balaban J connectivity index is 1.84. The van der Waals surface area contributed by atoms with Crippen molar-refractivity contribution >= 4 is 16.9 Å². The van der Waals surface area contributed by atoms with E-state index in [2.05, 4.69) is 42.3 Å². The molecule has 2 aromatic carbocycles. The molecular weight excluding hydrogens is 507 g/mol. The van der Waals surface area contributed by atoms with Crippen LogP contribution in [0.4, 0.5) is 13.2 Å². The van der Waals surface area contributed by atoms with Gasteiger partial charge in [-0.3, -0.25) is 0 Å². The van der Waals surface area contributed by atoms with Crippen LogP contribution in [0.2, 0.25) is 0 Å². The van der Waals surface area contributed by atoms with Gasteiger partial charge in [0.05, 0.1) is 38.0 Å². The van der Waals surface area contributed by atoms with Crippen LogP contribution < -0.4 is 9.47 Å². The highest BCUT2D eigenvalue weighted by Crippen LogP contribution is 2.36. The molecule has 0 N–H and O–H groups in total. The Labute approximate surface area is 228 Å². The summed E-state index contributed by atoms with van der Waals surface area (Å²) in [5.41, 5.74) is 4.23. The summed E-state index contributed by atoms with van der Waals surface area (Å²) < 4.78 is 58.0. The lowest BCUT2D eigenvalue weighted by molar-refractivity contribution is -0.158. The van der Waals surface area contributed by atoms with E-state index in [1.165, 1.54) is 25.3 Å². The van der Waals surface area contributed by atoms with Crippen molar-refractivity contribution in [1.29, 1.82) is 0 Å². The van der Waals surface area contributed by atoms with Gasteiger partial charge >= 0.3 is 12.1 Å². The first kappa shape index (κ1) is 30.1. The summed E-state index contributed by atoms with van der Waals surface area (Å²) in [6.07, 6.45) is -1.04. The highest BCUT2D eigenvalue weighted by Gasteiger charge is 2.33. The fourth-order valence-corrected chi connectivity index (χ4v) is 4.59. The normalized spacial score (nSPS) is 12.4. The predicted octanol–water partition coefficient (Wildman–Crippen LogP) is 8.14. The Morgan fingerprint density at radius 3 is 2.46 bits per heavy atom. The van der Waals surface area contributed by atoms with Gasteiger partial charge in [-0.25, -0.2) is 4.79 Å². The topological polar surface area (TPSA) is 49.7 Å². The molecule has 0 aliphatic heterocycles. The number of carbonyl (C=O) groups is 1. The Hall–Kier alpha value is -3.42. The monoisotopic (exact) mass is 545 g/mol. The first-order chi connectivity index (χ1) is 18.6. The second-order valence-electron chi connectivity index (χ2n) is 9.86. The van der Waals surface area contributed by atoms with Crippen LogP contribution in [0.25, 0.3) is 22.2 Å². The first-order valence-corrected chi connectivity index (χ1v) is 13.4. The zero-order valence-corrected chi connectivity index (χ0v) is 23.2. The highest BCUT2D eigenvalue weighted by molar-refractivity contribution is 5.89. The standard InChI is InChI=1S/C31H38F3NO4/c1-6-8-9-10-22-11-14-26(29(15-22)37-5)28-16-24-12-13-25(17-27(24)35(28)7-2)38-19-23(18-31(32,33)34)20-39-30(36)21(3)4/h11-17,23H,3,6-10,18-20H2,1-2,4-5H3. The Bertz CT molecular complexity index is 1280. The maximum absolute atomic E-state index is 13.1. The number of hydrogen-bond acceptors (Lipinski definition) is 4. The van der Waals surface area contributed by atoms with Crippen LogP contribution >= 0.6 is 0 Å². The van der Waals surface area contributed by atoms with Gasteiger partial charge in [-0.15, -0.1) is 0 Å². The molecule has 0 aliphatic carbocycles. The molecule has 1 aromatic heterocycles. The van der Waals surface area contributed by atoms with E-state index >= 15 is 0 Å². The van der Waals surface area contributed by atoms with Gasteiger partial charge in [-0.2, -0.15) is 13.2 Å². The summed E-state index contributed by atoms with van der Waals surface area (Å²) in [4.78, 5) is 11.7. The smallest absolute Gasteiger partial charge is 0.389 e. The number of carbonyl (C=O) groups excluding carboxylic acids is 1. The molecule has 0 saturated carbocycles. The van der Waals surface area contributed by atoms with Gasteiger partial charge in [0.15, 0.2) is 0 Å². The average molecular weight is 546 g/mol. The third-order valence-electron chi connectivity index (χ3n) is 6.61. The van der Waals surface area contributed by atoms with E-state index in [0.29, 0.717) is 12.3 Å². The SMILES string of the molecule is C=C(C)C(=O)OCC(COc1ccc2cc(-c3ccc(CCCCC)cc3OC)n(CC)c2c1)CC(F)(F)F. The van der Waals surface area contributed by atoms with Crippen LogP contribution in [-0.2, 0) is 22.5 Å². The molecule has 0 spiro atoms. The van der Waals surface area contributed by atoms with Crippen LogP contribution in [-0.4, -0.2) is 37.0 Å². The summed E-state index contributed by atoms with van der Waals surface area (Å²) in [5.74, 6) is -0.519. The molecule has 1 heterocycles. The number of benzene rings is 2. The van der Waals surface area contributed by atoms with Crippen LogP contribution in [0.5, 0.6) is 11.5 Å². The van der Waals surface area contributed by atoms with E-state index in [-0.39, 0.29) is 12.2 Å². The van der Waals surface area contributed by atoms with Gasteiger partial charge in [0.25, 0.3) is 0 Å². The number of nitrogens with zero attached hydrogens (tertiary/aromatic N) is 1. The zero-order chi connectivity index (χ0) is 28.6. The average Bonchev–Trinajstić information content (AvgIpc) is 3.26. The van der Waals surface area contributed by atoms with Gasteiger partial charge in [-0.05, 0) is 62.6 Å². The number of alkyl halides is 3. The van der Waals surface area contributed by atoms with E-state index < -0.39 is 31.1 Å². The molecule has 212 valence electrons. The van der Waals surface area contributed by atoms with Gasteiger partial charge in [0.1, 0.15) is 11.5 Å². The molecule has 0 radical (unpaired) electrons. The van der Waals surface area contributed by atoms with Crippen molar-refractivity contribution in [3.8, 4) is 22.8 Å². The van der Waals surface area contributed by atoms with Crippen molar-refractivity contribution in [2.24, 2.45) is 5.92 Å². The predicted molar refractivity (Wildman–Crippen MR) is 148 cm³/mol. The first-order valence-electron chi connectivity index (χ1n) is 13.4. The molecule has 0 bridgehead atoms. The van der Waals surface area contributed by atoms with Gasteiger partial charge < -0.3 is 18.8 Å². The lowest BCUT2D eigenvalue weighted by Gasteiger charge is -2.19. The molecule has 0 aliphatic rings. The summed E-state index contributed by atoms with van der Waals surface area (Å²) >= 11 is 0. The van der Waals surface area contributed by atoms with E-state index in [1.807, 2.05) is 19.1 Å². The van der Waals surface area contributed by atoms with Crippen molar-refractivity contribution in [2.45, 2.75) is 65.6 Å². The van der Waals surface area contributed by atoms with Crippen molar-refractivity contribution < 1.29 is 32.2 Å². The molecular formula is C31H38F3NO4. The quantitative estimate of drug-likeness (QED) is 0.117.